The van der Waals surface area contributed by atoms with E-state index in [-0.39, 0.29) is 16.9 Å². The summed E-state index contributed by atoms with van der Waals surface area (Å²) in [7, 11) is 1.37. The van der Waals surface area contributed by atoms with Crippen molar-refractivity contribution in [2.45, 2.75) is 6.92 Å². The molecule has 1 aromatic carbocycles. The lowest BCUT2D eigenvalue weighted by molar-refractivity contribution is 0.380. The van der Waals surface area contributed by atoms with Crippen LogP contribution in [-0.2, 0) is 0 Å². The third kappa shape index (κ3) is 1.42. The van der Waals surface area contributed by atoms with Crippen molar-refractivity contribution < 1.29 is 13.5 Å². The standard InChI is InChI=1S/C10H9F2N3O/c1-4-5-3-6(11)8(13)7(12)9(5)15-10(14-4)16-2/h3H,13H2,1-2H3. The molecule has 0 saturated carbocycles. The first-order valence-electron chi connectivity index (χ1n) is 4.50. The van der Waals surface area contributed by atoms with Gasteiger partial charge in [-0.15, -0.1) is 0 Å². The molecule has 1 heterocycles. The number of aryl methyl sites for hydroxylation is 1. The molecule has 0 spiro atoms. The van der Waals surface area contributed by atoms with Crippen LogP contribution in [0.25, 0.3) is 10.9 Å². The Balaban J connectivity index is 2.90. The van der Waals surface area contributed by atoms with Crippen LogP contribution in [-0.4, -0.2) is 17.1 Å². The van der Waals surface area contributed by atoms with Gasteiger partial charge in [-0.3, -0.25) is 0 Å². The fourth-order valence-electron chi connectivity index (χ4n) is 1.42. The number of benzene rings is 1. The van der Waals surface area contributed by atoms with Gasteiger partial charge in [-0.05, 0) is 13.0 Å². The molecule has 2 aromatic rings. The number of anilines is 1. The zero-order chi connectivity index (χ0) is 11.9. The molecule has 6 heteroatoms. The van der Waals surface area contributed by atoms with E-state index in [0.717, 1.165) is 6.07 Å². The Morgan fingerprint density at radius 2 is 2.00 bits per heavy atom. The minimum Gasteiger partial charge on any atom is -0.467 e. The highest BCUT2D eigenvalue weighted by Crippen LogP contribution is 2.27. The van der Waals surface area contributed by atoms with Crippen LogP contribution in [0, 0.1) is 18.6 Å². The quantitative estimate of drug-likeness (QED) is 0.752. The molecule has 84 valence electrons. The molecule has 0 aliphatic rings. The molecule has 0 aliphatic heterocycles. The fraction of sp³-hybridized carbons (Fsp3) is 0.200. The number of rotatable bonds is 1. The number of halogens is 2. The van der Waals surface area contributed by atoms with Gasteiger partial charge in [0, 0.05) is 5.39 Å². The third-order valence-electron chi connectivity index (χ3n) is 2.27. The van der Waals surface area contributed by atoms with E-state index in [0.29, 0.717) is 5.69 Å². The molecule has 2 rings (SSSR count). The smallest absolute Gasteiger partial charge is 0.316 e. The second kappa shape index (κ2) is 3.55. The number of nitrogens with two attached hydrogens (primary N) is 1. The van der Waals surface area contributed by atoms with Crippen LogP contribution in [0.1, 0.15) is 5.69 Å². The second-order valence-corrected chi connectivity index (χ2v) is 3.28. The Kier molecular flexibility index (Phi) is 2.34. The summed E-state index contributed by atoms with van der Waals surface area (Å²) < 4.78 is 31.7. The monoisotopic (exact) mass is 225 g/mol. The van der Waals surface area contributed by atoms with E-state index in [1.807, 2.05) is 0 Å². The Labute approximate surface area is 90.1 Å². The van der Waals surface area contributed by atoms with Gasteiger partial charge in [0.15, 0.2) is 5.82 Å². The Morgan fingerprint density at radius 3 is 2.62 bits per heavy atom. The number of nitrogen functional groups attached to an aromatic ring is 1. The van der Waals surface area contributed by atoms with Gasteiger partial charge in [0.2, 0.25) is 0 Å². The van der Waals surface area contributed by atoms with Gasteiger partial charge >= 0.3 is 6.01 Å². The lowest BCUT2D eigenvalue weighted by Crippen LogP contribution is -2.02. The Hall–Kier alpha value is -1.98. The van der Waals surface area contributed by atoms with E-state index < -0.39 is 17.3 Å². The fourth-order valence-corrected chi connectivity index (χ4v) is 1.42. The summed E-state index contributed by atoms with van der Waals surface area (Å²) in [6.07, 6.45) is 0. The molecule has 0 amide bonds. The van der Waals surface area contributed by atoms with Crippen molar-refractivity contribution in [3.8, 4) is 6.01 Å². The molecule has 0 aliphatic carbocycles. The van der Waals surface area contributed by atoms with Crippen molar-refractivity contribution in [3.63, 3.8) is 0 Å². The van der Waals surface area contributed by atoms with Crippen LogP contribution in [0.3, 0.4) is 0 Å². The average molecular weight is 225 g/mol. The maximum absolute atomic E-state index is 13.6. The molecule has 0 saturated heterocycles. The maximum atomic E-state index is 13.6. The van der Waals surface area contributed by atoms with Crippen LogP contribution in [0.15, 0.2) is 6.07 Å². The predicted octanol–water partition coefficient (Wildman–Crippen LogP) is 1.81. The van der Waals surface area contributed by atoms with Crippen LogP contribution in [0.5, 0.6) is 6.01 Å². The van der Waals surface area contributed by atoms with Crippen LogP contribution in [0.2, 0.25) is 0 Å². The minimum atomic E-state index is -0.890. The van der Waals surface area contributed by atoms with E-state index in [1.165, 1.54) is 7.11 Å². The molecular weight excluding hydrogens is 216 g/mol. The van der Waals surface area contributed by atoms with Crippen LogP contribution in [0.4, 0.5) is 14.5 Å². The molecule has 0 fully saturated rings. The number of nitrogens with zero attached hydrogens (tertiary/aromatic N) is 2. The molecule has 2 N–H and O–H groups in total. The van der Waals surface area contributed by atoms with Crippen LogP contribution < -0.4 is 10.5 Å². The van der Waals surface area contributed by atoms with E-state index in [1.54, 1.807) is 6.92 Å². The van der Waals surface area contributed by atoms with Gasteiger partial charge in [-0.2, -0.15) is 9.97 Å². The molecular formula is C10H9F2N3O. The molecule has 0 radical (unpaired) electrons. The number of methoxy groups -OCH3 is 1. The van der Waals surface area contributed by atoms with Gasteiger partial charge in [0.05, 0.1) is 12.8 Å². The molecule has 4 nitrogen and oxygen atoms in total. The van der Waals surface area contributed by atoms with Crippen molar-refractivity contribution in [2.75, 3.05) is 12.8 Å². The highest BCUT2D eigenvalue weighted by Gasteiger charge is 2.15. The molecule has 16 heavy (non-hydrogen) atoms. The van der Waals surface area contributed by atoms with E-state index in [2.05, 4.69) is 9.97 Å². The summed E-state index contributed by atoms with van der Waals surface area (Å²) in [6.45, 7) is 1.61. The summed E-state index contributed by atoms with van der Waals surface area (Å²) in [6, 6.07) is 1.14. The number of fused-ring (bicyclic) bond motifs is 1. The van der Waals surface area contributed by atoms with Gasteiger partial charge in [-0.25, -0.2) is 8.78 Å². The Morgan fingerprint density at radius 1 is 1.31 bits per heavy atom. The highest BCUT2D eigenvalue weighted by atomic mass is 19.1. The maximum Gasteiger partial charge on any atom is 0.316 e. The summed E-state index contributed by atoms with van der Waals surface area (Å²) in [4.78, 5) is 7.73. The minimum absolute atomic E-state index is 0.0231. The average Bonchev–Trinajstić information content (AvgIpc) is 2.27. The van der Waals surface area contributed by atoms with Gasteiger partial charge in [0.1, 0.15) is 17.0 Å². The third-order valence-corrected chi connectivity index (χ3v) is 2.27. The van der Waals surface area contributed by atoms with Crippen molar-refractivity contribution in [1.82, 2.24) is 9.97 Å². The summed E-state index contributed by atoms with van der Waals surface area (Å²) >= 11 is 0. The van der Waals surface area contributed by atoms with E-state index in [9.17, 15) is 8.78 Å². The number of hydrogen-bond donors (Lipinski definition) is 1. The first-order valence-corrected chi connectivity index (χ1v) is 4.50. The molecule has 1 aromatic heterocycles. The van der Waals surface area contributed by atoms with Crippen molar-refractivity contribution in [2.24, 2.45) is 0 Å². The summed E-state index contributed by atoms with van der Waals surface area (Å²) in [5.74, 6) is -1.71. The number of aromatic nitrogens is 2. The largest absolute Gasteiger partial charge is 0.467 e. The van der Waals surface area contributed by atoms with E-state index in [4.69, 9.17) is 10.5 Å². The first kappa shape index (κ1) is 10.5. The van der Waals surface area contributed by atoms with Gasteiger partial charge in [-0.1, -0.05) is 0 Å². The van der Waals surface area contributed by atoms with Gasteiger partial charge in [0.25, 0.3) is 0 Å². The zero-order valence-corrected chi connectivity index (χ0v) is 8.71. The Bertz CT molecular complexity index is 572. The first-order chi connectivity index (χ1) is 7.54. The van der Waals surface area contributed by atoms with Crippen molar-refractivity contribution in [3.05, 3.63) is 23.4 Å². The predicted molar refractivity (Wildman–Crippen MR) is 55.2 cm³/mol. The lowest BCUT2D eigenvalue weighted by Gasteiger charge is -2.07. The zero-order valence-electron chi connectivity index (χ0n) is 8.71. The number of ether oxygens (including phenoxy) is 1. The lowest BCUT2D eigenvalue weighted by atomic mass is 10.1. The molecule has 0 unspecified atom stereocenters. The topological polar surface area (TPSA) is 61.0 Å². The van der Waals surface area contributed by atoms with Crippen molar-refractivity contribution in [1.29, 1.82) is 0 Å². The number of hydrogen-bond acceptors (Lipinski definition) is 4. The second-order valence-electron chi connectivity index (χ2n) is 3.28. The van der Waals surface area contributed by atoms with Crippen molar-refractivity contribution >= 4 is 16.6 Å². The molecule has 0 bridgehead atoms. The molecule has 0 atom stereocenters. The van der Waals surface area contributed by atoms with E-state index >= 15 is 0 Å². The normalized spacial score (nSPS) is 10.8. The van der Waals surface area contributed by atoms with Crippen LogP contribution >= 0.6 is 0 Å². The highest BCUT2D eigenvalue weighted by molar-refractivity contribution is 5.85. The summed E-state index contributed by atoms with van der Waals surface area (Å²) in [5, 5.41) is 0.282. The SMILES string of the molecule is COc1nc(C)c2cc(F)c(N)c(F)c2n1. The summed E-state index contributed by atoms with van der Waals surface area (Å²) in [5.41, 5.74) is 5.08. The van der Waals surface area contributed by atoms with Gasteiger partial charge < -0.3 is 10.5 Å².